The highest BCUT2D eigenvalue weighted by Crippen LogP contribution is 2.38. The van der Waals surface area contributed by atoms with Gasteiger partial charge < -0.3 is 19.5 Å². The van der Waals surface area contributed by atoms with Crippen molar-refractivity contribution in [2.75, 3.05) is 32.3 Å². The fourth-order valence-corrected chi connectivity index (χ4v) is 4.85. The molecule has 0 saturated carbocycles. The predicted molar refractivity (Wildman–Crippen MR) is 146 cm³/mol. The van der Waals surface area contributed by atoms with Crippen LogP contribution in [0.25, 0.3) is 11.0 Å². The van der Waals surface area contributed by atoms with Crippen LogP contribution >= 0.6 is 0 Å². The highest BCUT2D eigenvalue weighted by molar-refractivity contribution is 6.02. The quantitative estimate of drug-likeness (QED) is 0.323. The average Bonchev–Trinajstić information content (AvgIpc) is 3.65. The van der Waals surface area contributed by atoms with Gasteiger partial charge in [0, 0.05) is 24.8 Å². The van der Waals surface area contributed by atoms with Gasteiger partial charge in [-0.15, -0.1) is 5.10 Å². The number of carbonyl (C=O) groups excluding carboxylic acids is 2. The molecule has 10 nitrogen and oxygen atoms in total. The molecular formula is C29H30FN5O5. The Kier molecular flexibility index (Phi) is 8.20. The molecule has 2 amide bonds. The van der Waals surface area contributed by atoms with Crippen LogP contribution in [0.2, 0.25) is 0 Å². The summed E-state index contributed by atoms with van der Waals surface area (Å²) < 4.78 is 33.4. The first kappa shape index (κ1) is 27.1. The average molecular weight is 548 g/mol. The maximum absolute atomic E-state index is 15.3. The van der Waals surface area contributed by atoms with Gasteiger partial charge in [-0.3, -0.25) is 14.5 Å². The molecule has 2 unspecified atom stereocenters. The minimum absolute atomic E-state index is 0.0296. The van der Waals surface area contributed by atoms with Gasteiger partial charge in [0.15, 0.2) is 0 Å². The van der Waals surface area contributed by atoms with Crippen LogP contribution in [0.1, 0.15) is 24.4 Å². The monoisotopic (exact) mass is 547 g/mol. The normalized spacial score (nSPS) is 15.5. The first-order valence-corrected chi connectivity index (χ1v) is 13.0. The Morgan fingerprint density at radius 2 is 1.93 bits per heavy atom. The van der Waals surface area contributed by atoms with E-state index in [1.807, 2.05) is 12.1 Å². The number of para-hydroxylation sites is 1. The van der Waals surface area contributed by atoms with Crippen molar-refractivity contribution in [3.63, 3.8) is 0 Å². The number of carbonyl (C=O) groups is 2. The van der Waals surface area contributed by atoms with E-state index < -0.39 is 23.7 Å². The Bertz CT molecular complexity index is 1500. The smallest absolute Gasteiger partial charge is 0.249 e. The lowest BCUT2D eigenvalue weighted by molar-refractivity contribution is -0.127. The van der Waals surface area contributed by atoms with Crippen molar-refractivity contribution in [1.29, 1.82) is 0 Å². The molecule has 1 aliphatic rings. The van der Waals surface area contributed by atoms with Crippen LogP contribution < -0.4 is 19.7 Å². The third-order valence-corrected chi connectivity index (χ3v) is 6.85. The second kappa shape index (κ2) is 12.1. The summed E-state index contributed by atoms with van der Waals surface area (Å²) in [7, 11) is 2.95. The van der Waals surface area contributed by atoms with Gasteiger partial charge >= 0.3 is 0 Å². The van der Waals surface area contributed by atoms with Gasteiger partial charge in [-0.25, -0.2) is 9.07 Å². The zero-order valence-electron chi connectivity index (χ0n) is 22.2. The molecule has 0 bridgehead atoms. The van der Waals surface area contributed by atoms with Crippen molar-refractivity contribution >= 4 is 28.5 Å². The second-order valence-electron chi connectivity index (χ2n) is 9.34. The lowest BCUT2D eigenvalue weighted by atomic mass is 10.0. The van der Waals surface area contributed by atoms with Gasteiger partial charge in [0.1, 0.15) is 35.4 Å². The molecular weight excluding hydrogens is 517 g/mol. The first-order chi connectivity index (χ1) is 19.5. The van der Waals surface area contributed by atoms with E-state index in [1.54, 1.807) is 36.4 Å². The van der Waals surface area contributed by atoms with Crippen LogP contribution in [0.3, 0.4) is 0 Å². The molecule has 40 heavy (non-hydrogen) atoms. The summed E-state index contributed by atoms with van der Waals surface area (Å²) in [6.07, 6.45) is 1.56. The van der Waals surface area contributed by atoms with Crippen molar-refractivity contribution in [1.82, 2.24) is 20.3 Å². The molecule has 2 heterocycles. The van der Waals surface area contributed by atoms with Gasteiger partial charge in [0.25, 0.3) is 0 Å². The molecule has 208 valence electrons. The van der Waals surface area contributed by atoms with E-state index in [1.165, 1.54) is 42.0 Å². The maximum Gasteiger partial charge on any atom is 0.249 e. The summed E-state index contributed by atoms with van der Waals surface area (Å²) in [6, 6.07) is 16.6. The Balaban J connectivity index is 1.60. The predicted octanol–water partition coefficient (Wildman–Crippen LogP) is 3.66. The molecule has 11 heteroatoms. The summed E-state index contributed by atoms with van der Waals surface area (Å²) in [4.78, 5) is 29.3. The summed E-state index contributed by atoms with van der Waals surface area (Å²) >= 11 is 0. The van der Waals surface area contributed by atoms with Crippen LogP contribution in [0.15, 0.2) is 66.7 Å². The Labute approximate surface area is 230 Å². The lowest BCUT2D eigenvalue weighted by Gasteiger charge is -2.33. The number of fused-ring (bicyclic) bond motifs is 1. The molecule has 1 aliphatic heterocycles. The largest absolute Gasteiger partial charge is 0.497 e. The third kappa shape index (κ3) is 5.59. The van der Waals surface area contributed by atoms with Crippen molar-refractivity contribution in [3.8, 4) is 11.5 Å². The van der Waals surface area contributed by atoms with E-state index in [2.05, 4.69) is 15.6 Å². The molecule has 3 aromatic carbocycles. The van der Waals surface area contributed by atoms with Crippen LogP contribution in [-0.2, 0) is 20.9 Å². The number of nitrogens with one attached hydrogen (secondary N) is 1. The number of methoxy groups -OCH3 is 2. The number of ether oxygens (including phenoxy) is 3. The summed E-state index contributed by atoms with van der Waals surface area (Å²) in [5.41, 5.74) is 1.55. The number of halogens is 1. The summed E-state index contributed by atoms with van der Waals surface area (Å²) in [5.74, 6) is -0.962. The molecule has 0 aliphatic carbocycles. The van der Waals surface area contributed by atoms with Gasteiger partial charge in [0.2, 0.25) is 11.8 Å². The summed E-state index contributed by atoms with van der Waals surface area (Å²) in [5, 5.41) is 11.2. The van der Waals surface area contributed by atoms with E-state index >= 15 is 4.39 Å². The van der Waals surface area contributed by atoms with E-state index in [9.17, 15) is 9.59 Å². The highest BCUT2D eigenvalue weighted by Gasteiger charge is 2.37. The van der Waals surface area contributed by atoms with Crippen molar-refractivity contribution in [2.45, 2.75) is 31.5 Å². The highest BCUT2D eigenvalue weighted by atomic mass is 19.1. The number of anilines is 1. The number of benzene rings is 3. The van der Waals surface area contributed by atoms with Gasteiger partial charge in [-0.05, 0) is 43.2 Å². The molecule has 1 fully saturated rings. The molecule has 1 aromatic heterocycles. The van der Waals surface area contributed by atoms with Crippen LogP contribution in [0.4, 0.5) is 10.1 Å². The van der Waals surface area contributed by atoms with E-state index in [0.29, 0.717) is 23.4 Å². The molecule has 0 spiro atoms. The molecule has 1 saturated heterocycles. The molecule has 5 rings (SSSR count). The zero-order chi connectivity index (χ0) is 28.1. The SMILES string of the molecule is COc1ccc(N(C(=O)Cn2nnc3ccccc32)C(C(=O)NCC2CCCO2)c2ccccc2F)c(OC)c1. The van der Waals surface area contributed by atoms with Gasteiger partial charge in [-0.2, -0.15) is 0 Å². The van der Waals surface area contributed by atoms with Crippen LogP contribution in [0, 0.1) is 5.82 Å². The maximum atomic E-state index is 15.3. The fourth-order valence-electron chi connectivity index (χ4n) is 4.85. The van der Waals surface area contributed by atoms with Crippen molar-refractivity contribution in [2.24, 2.45) is 0 Å². The number of amides is 2. The van der Waals surface area contributed by atoms with Gasteiger partial charge in [-0.1, -0.05) is 35.5 Å². The van der Waals surface area contributed by atoms with Crippen LogP contribution in [0.5, 0.6) is 11.5 Å². The van der Waals surface area contributed by atoms with E-state index in [-0.39, 0.29) is 36.2 Å². The Morgan fingerprint density at radius 1 is 1.12 bits per heavy atom. The summed E-state index contributed by atoms with van der Waals surface area (Å²) in [6.45, 7) is 0.593. The van der Waals surface area contributed by atoms with Crippen molar-refractivity contribution in [3.05, 3.63) is 78.1 Å². The lowest BCUT2D eigenvalue weighted by Crippen LogP contribution is -2.47. The number of nitrogens with zero attached hydrogens (tertiary/aromatic N) is 4. The third-order valence-electron chi connectivity index (χ3n) is 6.85. The first-order valence-electron chi connectivity index (χ1n) is 13.0. The number of rotatable bonds is 10. The standard InChI is InChI=1S/C29H30FN5O5/c1-38-19-13-14-25(26(16-19)39-2)35(27(36)18-34-24-12-6-5-11-23(24)32-33-34)28(21-9-3-4-10-22(21)30)29(37)31-17-20-8-7-15-40-20/h3-6,9-14,16,20,28H,7-8,15,17-18H2,1-2H3,(H,31,37). The molecule has 2 atom stereocenters. The minimum Gasteiger partial charge on any atom is -0.497 e. The second-order valence-corrected chi connectivity index (χ2v) is 9.34. The minimum atomic E-state index is -1.37. The van der Waals surface area contributed by atoms with E-state index in [4.69, 9.17) is 14.2 Å². The fraction of sp³-hybridized carbons (Fsp3) is 0.310. The van der Waals surface area contributed by atoms with Crippen molar-refractivity contribution < 1.29 is 28.2 Å². The molecule has 4 aromatic rings. The van der Waals surface area contributed by atoms with Gasteiger partial charge in [0.05, 0.1) is 31.5 Å². The number of aromatic nitrogens is 3. The number of hydrogen-bond acceptors (Lipinski definition) is 7. The van der Waals surface area contributed by atoms with E-state index in [0.717, 1.165) is 12.8 Å². The Hall–Kier alpha value is -4.51. The molecule has 0 radical (unpaired) electrons. The van der Waals surface area contributed by atoms with Crippen LogP contribution in [-0.4, -0.2) is 60.3 Å². The number of hydrogen-bond donors (Lipinski definition) is 1. The topological polar surface area (TPSA) is 108 Å². The zero-order valence-corrected chi connectivity index (χ0v) is 22.2. The Morgan fingerprint density at radius 3 is 2.67 bits per heavy atom. The molecule has 1 N–H and O–H groups in total.